The van der Waals surface area contributed by atoms with Crippen LogP contribution in [0.1, 0.15) is 37.6 Å². The van der Waals surface area contributed by atoms with Crippen molar-refractivity contribution in [2.24, 2.45) is 0 Å². The summed E-state index contributed by atoms with van der Waals surface area (Å²) in [7, 11) is 4.11. The highest BCUT2D eigenvalue weighted by molar-refractivity contribution is 5.84. The van der Waals surface area contributed by atoms with E-state index in [-0.39, 0.29) is 18.1 Å². The zero-order valence-corrected chi connectivity index (χ0v) is 13.8. The average Bonchev–Trinajstić information content (AvgIpc) is 2.75. The highest BCUT2D eigenvalue weighted by Gasteiger charge is 2.39. The number of aryl methyl sites for hydroxylation is 1. The van der Waals surface area contributed by atoms with Crippen molar-refractivity contribution in [3.63, 3.8) is 0 Å². The van der Waals surface area contributed by atoms with Crippen molar-refractivity contribution in [3.8, 4) is 0 Å². The molecule has 4 nitrogen and oxygen atoms in total. The molecule has 21 heavy (non-hydrogen) atoms. The molecule has 1 amide bonds. The van der Waals surface area contributed by atoms with Gasteiger partial charge in [0.25, 0.3) is 0 Å². The number of benzene rings is 1. The molecule has 1 aromatic rings. The van der Waals surface area contributed by atoms with Gasteiger partial charge in [-0.1, -0.05) is 36.8 Å². The smallest absolute Gasteiger partial charge is 0.241 e. The lowest BCUT2D eigenvalue weighted by Crippen LogP contribution is -2.41. The van der Waals surface area contributed by atoms with Gasteiger partial charge in [-0.2, -0.15) is 0 Å². The van der Waals surface area contributed by atoms with E-state index in [9.17, 15) is 4.79 Å². The van der Waals surface area contributed by atoms with Gasteiger partial charge in [-0.3, -0.25) is 10.1 Å². The lowest BCUT2D eigenvalue weighted by Gasteiger charge is -2.30. The molecule has 1 N–H and O–H groups in total. The van der Waals surface area contributed by atoms with Crippen LogP contribution in [0.5, 0.6) is 0 Å². The second-order valence-electron chi connectivity index (χ2n) is 6.25. The van der Waals surface area contributed by atoms with Crippen LogP contribution in [0.3, 0.4) is 0 Å². The Kier molecular flexibility index (Phi) is 5.01. The number of hydrogen-bond acceptors (Lipinski definition) is 3. The van der Waals surface area contributed by atoms with E-state index in [4.69, 9.17) is 0 Å². The van der Waals surface area contributed by atoms with Crippen LogP contribution >= 0.6 is 0 Å². The Morgan fingerprint density at radius 1 is 1.38 bits per heavy atom. The summed E-state index contributed by atoms with van der Waals surface area (Å²) in [5.41, 5.74) is 2.40. The van der Waals surface area contributed by atoms with Gasteiger partial charge >= 0.3 is 0 Å². The molecular formula is C17H27N3O. The first-order valence-corrected chi connectivity index (χ1v) is 7.73. The quantitative estimate of drug-likeness (QED) is 0.902. The molecule has 3 atom stereocenters. The number of likely N-dealkylation sites (N-methyl/N-ethyl adjacent to an activating group) is 1. The summed E-state index contributed by atoms with van der Waals surface area (Å²) in [6.45, 7) is 7.04. The Morgan fingerprint density at radius 2 is 2.10 bits per heavy atom. The summed E-state index contributed by atoms with van der Waals surface area (Å²) in [6, 6.07) is 8.68. The molecule has 116 valence electrons. The van der Waals surface area contributed by atoms with E-state index in [1.807, 2.05) is 4.90 Å². The van der Waals surface area contributed by atoms with Crippen LogP contribution < -0.4 is 5.32 Å². The Morgan fingerprint density at radius 3 is 2.67 bits per heavy atom. The Labute approximate surface area is 128 Å². The monoisotopic (exact) mass is 289 g/mol. The van der Waals surface area contributed by atoms with Crippen molar-refractivity contribution >= 4 is 5.91 Å². The molecule has 4 heteroatoms. The molecule has 3 unspecified atom stereocenters. The molecule has 1 aliphatic heterocycles. The van der Waals surface area contributed by atoms with Gasteiger partial charge in [-0.25, -0.2) is 0 Å². The van der Waals surface area contributed by atoms with E-state index in [1.54, 1.807) is 0 Å². The average molecular weight is 289 g/mol. The van der Waals surface area contributed by atoms with E-state index >= 15 is 0 Å². The van der Waals surface area contributed by atoms with Crippen molar-refractivity contribution in [2.75, 3.05) is 20.6 Å². The highest BCUT2D eigenvalue weighted by Crippen LogP contribution is 2.27. The van der Waals surface area contributed by atoms with Gasteiger partial charge in [-0.05, 0) is 39.9 Å². The maximum absolute atomic E-state index is 12.6. The van der Waals surface area contributed by atoms with Crippen molar-refractivity contribution in [2.45, 2.75) is 45.4 Å². The zero-order chi connectivity index (χ0) is 15.6. The molecule has 0 aliphatic carbocycles. The number of carbonyl (C=O) groups excluding carboxylic acids is 1. The van der Waals surface area contributed by atoms with E-state index in [2.05, 4.69) is 69.3 Å². The fraction of sp³-hybridized carbons (Fsp3) is 0.588. The van der Waals surface area contributed by atoms with Crippen molar-refractivity contribution in [3.05, 3.63) is 35.4 Å². The van der Waals surface area contributed by atoms with E-state index in [0.29, 0.717) is 6.04 Å². The van der Waals surface area contributed by atoms with Gasteiger partial charge in [0.05, 0.1) is 6.04 Å². The van der Waals surface area contributed by atoms with E-state index < -0.39 is 0 Å². The molecule has 0 saturated carbocycles. The van der Waals surface area contributed by atoms with Gasteiger partial charge in [0.2, 0.25) is 5.91 Å². The SMILES string of the molecule is CCC1NC(c2cccc(C)c2)N(CC(C)N(C)C)C1=O. The second kappa shape index (κ2) is 6.58. The van der Waals surface area contributed by atoms with Gasteiger partial charge in [-0.15, -0.1) is 0 Å². The largest absolute Gasteiger partial charge is 0.320 e. The third-order valence-corrected chi connectivity index (χ3v) is 4.36. The maximum Gasteiger partial charge on any atom is 0.241 e. The third-order valence-electron chi connectivity index (χ3n) is 4.36. The molecule has 1 saturated heterocycles. The minimum Gasteiger partial charge on any atom is -0.320 e. The second-order valence-corrected chi connectivity index (χ2v) is 6.25. The van der Waals surface area contributed by atoms with Crippen molar-refractivity contribution in [1.29, 1.82) is 0 Å². The summed E-state index contributed by atoms with van der Waals surface area (Å²) in [5.74, 6) is 0.220. The molecule has 1 fully saturated rings. The Balaban J connectivity index is 2.26. The molecular weight excluding hydrogens is 262 g/mol. The van der Waals surface area contributed by atoms with Crippen LogP contribution in [0.4, 0.5) is 0 Å². The Bertz CT molecular complexity index is 501. The predicted octanol–water partition coefficient (Wildman–Crippen LogP) is 2.15. The van der Waals surface area contributed by atoms with Crippen LogP contribution in [0, 0.1) is 6.92 Å². The number of nitrogens with zero attached hydrogens (tertiary/aromatic N) is 2. The molecule has 0 aromatic heterocycles. The number of rotatable bonds is 5. The summed E-state index contributed by atoms with van der Waals surface area (Å²) in [4.78, 5) is 16.8. The minimum absolute atomic E-state index is 0.00949. The number of hydrogen-bond donors (Lipinski definition) is 1. The summed E-state index contributed by atoms with van der Waals surface area (Å²) in [5, 5.41) is 3.49. The van der Waals surface area contributed by atoms with Gasteiger partial charge in [0.1, 0.15) is 6.17 Å². The zero-order valence-electron chi connectivity index (χ0n) is 13.8. The lowest BCUT2D eigenvalue weighted by atomic mass is 10.1. The lowest BCUT2D eigenvalue weighted by molar-refractivity contribution is -0.130. The maximum atomic E-state index is 12.6. The topological polar surface area (TPSA) is 35.6 Å². The van der Waals surface area contributed by atoms with E-state index in [1.165, 1.54) is 11.1 Å². The van der Waals surface area contributed by atoms with Crippen LogP contribution in [0.25, 0.3) is 0 Å². The first-order valence-electron chi connectivity index (χ1n) is 7.73. The normalized spacial score (nSPS) is 23.9. The summed E-state index contributed by atoms with van der Waals surface area (Å²) < 4.78 is 0. The molecule has 0 spiro atoms. The molecule has 1 aliphatic rings. The minimum atomic E-state index is -0.0649. The molecule has 1 aromatic carbocycles. The number of carbonyl (C=O) groups is 1. The number of amides is 1. The fourth-order valence-electron chi connectivity index (χ4n) is 2.73. The molecule has 0 bridgehead atoms. The van der Waals surface area contributed by atoms with Gasteiger partial charge < -0.3 is 9.80 Å². The van der Waals surface area contributed by atoms with Gasteiger partial charge in [0, 0.05) is 12.6 Å². The summed E-state index contributed by atoms with van der Waals surface area (Å²) >= 11 is 0. The van der Waals surface area contributed by atoms with Crippen molar-refractivity contribution in [1.82, 2.24) is 15.1 Å². The Hall–Kier alpha value is -1.39. The standard InChI is InChI=1S/C17H27N3O/c1-6-15-17(21)20(11-13(3)19(4)5)16(18-15)14-9-7-8-12(2)10-14/h7-10,13,15-16,18H,6,11H2,1-5H3. The van der Waals surface area contributed by atoms with Crippen LogP contribution in [0.2, 0.25) is 0 Å². The van der Waals surface area contributed by atoms with Crippen LogP contribution in [-0.4, -0.2) is 48.4 Å². The third kappa shape index (κ3) is 3.44. The predicted molar refractivity (Wildman–Crippen MR) is 86.0 cm³/mol. The molecule has 2 rings (SSSR count). The summed E-state index contributed by atoms with van der Waals surface area (Å²) in [6.07, 6.45) is 0.818. The first-order chi connectivity index (χ1) is 9.93. The first kappa shape index (κ1) is 16.0. The number of nitrogens with one attached hydrogen (secondary N) is 1. The highest BCUT2D eigenvalue weighted by atomic mass is 16.2. The van der Waals surface area contributed by atoms with Crippen LogP contribution in [0.15, 0.2) is 24.3 Å². The fourth-order valence-corrected chi connectivity index (χ4v) is 2.73. The molecule has 0 radical (unpaired) electrons. The molecule has 1 heterocycles. The van der Waals surface area contributed by atoms with Gasteiger partial charge in [0.15, 0.2) is 0 Å². The van der Waals surface area contributed by atoms with Crippen LogP contribution in [-0.2, 0) is 4.79 Å². The van der Waals surface area contributed by atoms with E-state index in [0.717, 1.165) is 13.0 Å². The van der Waals surface area contributed by atoms with Crippen molar-refractivity contribution < 1.29 is 4.79 Å².